The van der Waals surface area contributed by atoms with Crippen LogP contribution in [-0.2, 0) is 6.54 Å². The monoisotopic (exact) mass is 294 g/mol. The molecule has 0 amide bonds. The van der Waals surface area contributed by atoms with Gasteiger partial charge in [0.05, 0.1) is 32.0 Å². The van der Waals surface area contributed by atoms with Crippen molar-refractivity contribution in [3.05, 3.63) is 34.9 Å². The Morgan fingerprint density at radius 1 is 1.15 bits per heavy atom. The Morgan fingerprint density at radius 3 is 2.40 bits per heavy atom. The zero-order valence-corrected chi connectivity index (χ0v) is 12.2. The van der Waals surface area contributed by atoms with E-state index in [1.54, 1.807) is 20.4 Å². The van der Waals surface area contributed by atoms with Gasteiger partial charge >= 0.3 is 0 Å². The highest BCUT2D eigenvalue weighted by molar-refractivity contribution is 6.31. The lowest BCUT2D eigenvalue weighted by Crippen LogP contribution is -2.07. The molecule has 0 bridgehead atoms. The van der Waals surface area contributed by atoms with Gasteiger partial charge in [-0.05, 0) is 18.6 Å². The fraction of sp³-hybridized carbons (Fsp3) is 0.308. The van der Waals surface area contributed by atoms with Crippen molar-refractivity contribution in [3.8, 4) is 11.8 Å². The first-order chi connectivity index (χ1) is 9.65. The lowest BCUT2D eigenvalue weighted by Gasteiger charge is -2.13. The predicted molar refractivity (Wildman–Crippen MR) is 76.4 cm³/mol. The Morgan fingerprint density at radius 2 is 1.80 bits per heavy atom. The summed E-state index contributed by atoms with van der Waals surface area (Å²) in [5.74, 6) is 0.919. The summed E-state index contributed by atoms with van der Waals surface area (Å²) in [6.45, 7) is 2.36. The summed E-state index contributed by atoms with van der Waals surface area (Å²) in [5.41, 5.74) is 2.47. The summed E-state index contributed by atoms with van der Waals surface area (Å²) in [6, 6.07) is 1.91. The first-order valence-electron chi connectivity index (χ1n) is 5.93. The third kappa shape index (κ3) is 3.08. The normalized spacial score (nSPS) is 10.2. The number of hydrogen-bond donors (Lipinski definition) is 1. The fourth-order valence-electron chi connectivity index (χ4n) is 1.74. The Labute approximate surface area is 122 Å². The van der Waals surface area contributed by atoms with Gasteiger partial charge in [-0.2, -0.15) is 0 Å². The van der Waals surface area contributed by atoms with Gasteiger partial charge in [0.15, 0.2) is 5.15 Å². The van der Waals surface area contributed by atoms with E-state index < -0.39 is 0 Å². The van der Waals surface area contributed by atoms with E-state index in [9.17, 15) is 0 Å². The van der Waals surface area contributed by atoms with Crippen LogP contribution in [0.5, 0.6) is 11.8 Å². The highest BCUT2D eigenvalue weighted by atomic mass is 35.5. The zero-order chi connectivity index (χ0) is 14.5. The number of halogens is 1. The molecule has 2 heterocycles. The van der Waals surface area contributed by atoms with Crippen molar-refractivity contribution in [2.24, 2.45) is 0 Å². The van der Waals surface area contributed by atoms with Gasteiger partial charge in [0.1, 0.15) is 6.33 Å². The van der Waals surface area contributed by atoms with Crippen LogP contribution in [0.25, 0.3) is 0 Å². The SMILES string of the molecule is COc1ncnc(OC)c1CNc1cc(C)cnc1Cl. The van der Waals surface area contributed by atoms with Crippen LogP contribution in [-0.4, -0.2) is 29.2 Å². The lowest BCUT2D eigenvalue weighted by molar-refractivity contribution is 0.363. The molecule has 106 valence electrons. The summed E-state index contributed by atoms with van der Waals surface area (Å²) < 4.78 is 10.4. The molecule has 0 aliphatic heterocycles. The van der Waals surface area contributed by atoms with Crippen molar-refractivity contribution in [3.63, 3.8) is 0 Å². The number of pyridine rings is 1. The summed E-state index contributed by atoms with van der Waals surface area (Å²) in [5, 5.41) is 3.59. The molecule has 0 spiro atoms. The molecular formula is C13H15ClN4O2. The number of nitrogens with one attached hydrogen (secondary N) is 1. The average molecular weight is 295 g/mol. The number of methoxy groups -OCH3 is 2. The van der Waals surface area contributed by atoms with E-state index in [1.165, 1.54) is 6.33 Å². The largest absolute Gasteiger partial charge is 0.481 e. The van der Waals surface area contributed by atoms with Crippen molar-refractivity contribution >= 4 is 17.3 Å². The van der Waals surface area contributed by atoms with Gasteiger partial charge in [0.2, 0.25) is 11.8 Å². The fourth-order valence-corrected chi connectivity index (χ4v) is 1.91. The van der Waals surface area contributed by atoms with Gasteiger partial charge in [-0.15, -0.1) is 0 Å². The minimum Gasteiger partial charge on any atom is -0.481 e. The second kappa shape index (κ2) is 6.38. The Kier molecular flexibility index (Phi) is 4.57. The molecule has 0 aliphatic carbocycles. The van der Waals surface area contributed by atoms with Gasteiger partial charge in [-0.3, -0.25) is 0 Å². The number of nitrogens with zero attached hydrogens (tertiary/aromatic N) is 3. The number of anilines is 1. The van der Waals surface area contributed by atoms with E-state index in [-0.39, 0.29) is 0 Å². The standard InChI is InChI=1S/C13H15ClN4O2/c1-8-4-10(11(14)16-5-8)15-6-9-12(19-2)17-7-18-13(9)20-3/h4-5,7,15H,6H2,1-3H3. The van der Waals surface area contributed by atoms with Gasteiger partial charge < -0.3 is 14.8 Å². The minimum atomic E-state index is 0.408. The first-order valence-corrected chi connectivity index (χ1v) is 6.31. The third-order valence-corrected chi connectivity index (χ3v) is 2.99. The Bertz CT molecular complexity index is 585. The number of rotatable bonds is 5. The zero-order valence-electron chi connectivity index (χ0n) is 11.5. The highest BCUT2D eigenvalue weighted by Gasteiger charge is 2.13. The second-order valence-electron chi connectivity index (χ2n) is 4.08. The molecular weight excluding hydrogens is 280 g/mol. The predicted octanol–water partition coefficient (Wildman–Crippen LogP) is 2.46. The van der Waals surface area contributed by atoms with Crippen LogP contribution >= 0.6 is 11.6 Å². The van der Waals surface area contributed by atoms with Crippen LogP contribution in [0.15, 0.2) is 18.6 Å². The van der Waals surface area contributed by atoms with Crippen molar-refractivity contribution in [1.82, 2.24) is 15.0 Å². The summed E-state index contributed by atoms with van der Waals surface area (Å²) in [6.07, 6.45) is 3.10. The van der Waals surface area contributed by atoms with E-state index in [1.807, 2.05) is 13.0 Å². The van der Waals surface area contributed by atoms with Crippen LogP contribution < -0.4 is 14.8 Å². The second-order valence-corrected chi connectivity index (χ2v) is 4.43. The number of ether oxygens (including phenoxy) is 2. The molecule has 0 atom stereocenters. The molecule has 2 aromatic rings. The molecule has 7 heteroatoms. The van der Waals surface area contributed by atoms with Crippen molar-refractivity contribution < 1.29 is 9.47 Å². The number of hydrogen-bond acceptors (Lipinski definition) is 6. The van der Waals surface area contributed by atoms with E-state index in [0.29, 0.717) is 23.5 Å². The van der Waals surface area contributed by atoms with E-state index in [0.717, 1.165) is 16.8 Å². The summed E-state index contributed by atoms with van der Waals surface area (Å²) in [4.78, 5) is 12.2. The highest BCUT2D eigenvalue weighted by Crippen LogP contribution is 2.26. The topological polar surface area (TPSA) is 69.2 Å². The van der Waals surface area contributed by atoms with Crippen LogP contribution in [0, 0.1) is 6.92 Å². The third-order valence-electron chi connectivity index (χ3n) is 2.68. The molecule has 2 rings (SSSR count). The molecule has 1 N–H and O–H groups in total. The van der Waals surface area contributed by atoms with E-state index in [4.69, 9.17) is 21.1 Å². The number of aromatic nitrogens is 3. The molecule has 0 aliphatic rings. The molecule has 0 unspecified atom stereocenters. The lowest BCUT2D eigenvalue weighted by atomic mass is 10.2. The average Bonchev–Trinajstić information content (AvgIpc) is 2.47. The molecule has 0 radical (unpaired) electrons. The molecule has 0 aromatic carbocycles. The molecule has 20 heavy (non-hydrogen) atoms. The van der Waals surface area contributed by atoms with Gasteiger partial charge in [0, 0.05) is 6.20 Å². The van der Waals surface area contributed by atoms with Crippen molar-refractivity contribution in [2.45, 2.75) is 13.5 Å². The van der Waals surface area contributed by atoms with Gasteiger partial charge in [-0.25, -0.2) is 15.0 Å². The maximum atomic E-state index is 6.04. The smallest absolute Gasteiger partial charge is 0.225 e. The first kappa shape index (κ1) is 14.3. The van der Waals surface area contributed by atoms with Gasteiger partial charge in [0.25, 0.3) is 0 Å². The Balaban J connectivity index is 2.24. The maximum absolute atomic E-state index is 6.04. The maximum Gasteiger partial charge on any atom is 0.225 e. The Hall–Kier alpha value is -2.08. The molecule has 6 nitrogen and oxygen atoms in total. The number of aryl methyl sites for hydroxylation is 1. The minimum absolute atomic E-state index is 0.408. The van der Waals surface area contributed by atoms with Crippen LogP contribution in [0.3, 0.4) is 0 Å². The molecule has 0 fully saturated rings. The van der Waals surface area contributed by atoms with Crippen LogP contribution in [0.4, 0.5) is 5.69 Å². The molecule has 0 saturated heterocycles. The van der Waals surface area contributed by atoms with Gasteiger partial charge in [-0.1, -0.05) is 11.6 Å². The van der Waals surface area contributed by atoms with Crippen molar-refractivity contribution in [2.75, 3.05) is 19.5 Å². The van der Waals surface area contributed by atoms with E-state index >= 15 is 0 Å². The quantitative estimate of drug-likeness (QED) is 0.854. The molecule has 0 saturated carbocycles. The molecule has 2 aromatic heterocycles. The van der Waals surface area contributed by atoms with Crippen LogP contribution in [0.1, 0.15) is 11.1 Å². The summed E-state index contributed by atoms with van der Waals surface area (Å²) >= 11 is 6.04. The van der Waals surface area contributed by atoms with E-state index in [2.05, 4.69) is 20.3 Å². The van der Waals surface area contributed by atoms with Crippen molar-refractivity contribution in [1.29, 1.82) is 0 Å². The summed E-state index contributed by atoms with van der Waals surface area (Å²) in [7, 11) is 3.10. The van der Waals surface area contributed by atoms with Crippen LogP contribution in [0.2, 0.25) is 5.15 Å².